The van der Waals surface area contributed by atoms with Crippen molar-refractivity contribution in [1.82, 2.24) is 10.2 Å². The van der Waals surface area contributed by atoms with Gasteiger partial charge in [-0.25, -0.2) is 0 Å². The van der Waals surface area contributed by atoms with Gasteiger partial charge in [0.15, 0.2) is 5.78 Å². The van der Waals surface area contributed by atoms with Crippen molar-refractivity contribution < 1.29 is 28.5 Å². The molecule has 1 aliphatic rings. The van der Waals surface area contributed by atoms with Crippen LogP contribution in [0.1, 0.15) is 57.3 Å². The van der Waals surface area contributed by atoms with Crippen molar-refractivity contribution in [3.8, 4) is 0 Å². The molecule has 8 nitrogen and oxygen atoms in total. The number of hydrogen-bond acceptors (Lipinski definition) is 7. The lowest BCUT2D eigenvalue weighted by Gasteiger charge is -2.27. The fourth-order valence-corrected chi connectivity index (χ4v) is 4.12. The molecule has 1 aromatic carbocycles. The lowest BCUT2D eigenvalue weighted by Crippen LogP contribution is -2.44. The van der Waals surface area contributed by atoms with Gasteiger partial charge in [-0.1, -0.05) is 37.0 Å². The van der Waals surface area contributed by atoms with Gasteiger partial charge in [0.1, 0.15) is 6.04 Å². The predicted octanol–water partition coefficient (Wildman–Crippen LogP) is 3.79. The van der Waals surface area contributed by atoms with Crippen LogP contribution in [0.25, 0.3) is 0 Å². The molecule has 0 radical (unpaired) electrons. The average molecular weight is 513 g/mol. The Kier molecular flexibility index (Phi) is 10.4. The number of amides is 1. The molecule has 1 aliphatic heterocycles. The summed E-state index contributed by atoms with van der Waals surface area (Å²) in [4.78, 5) is 52.1. The van der Waals surface area contributed by atoms with Gasteiger partial charge in [0.05, 0.1) is 23.6 Å². The molecule has 0 aliphatic carbocycles. The first-order valence-corrected chi connectivity index (χ1v) is 12.0. The molecule has 1 N–H and O–H groups in total. The van der Waals surface area contributed by atoms with Crippen LogP contribution in [-0.4, -0.2) is 61.3 Å². The quantitative estimate of drug-likeness (QED) is 0.528. The fraction of sp³-hybridized carbons (Fsp3) is 0.565. The third kappa shape index (κ3) is 7.99. The van der Waals surface area contributed by atoms with E-state index in [0.29, 0.717) is 11.4 Å². The number of rotatable bonds is 8. The van der Waals surface area contributed by atoms with E-state index in [4.69, 9.17) is 32.5 Å². The standard InChI is InChI=1S/C23H31BCl2N2O6/c1-13(2)8-16(24-33-21(30)9-14(3)28(5)15(4)23(32)34-24)10-18(29)12-27-22(31)19-11-17(25)6-7-20(19)26/h6-7,11,13-16H,8-10,12H2,1-5H3,(H,27,31)/t14-,15+,16+/m0/s1. The summed E-state index contributed by atoms with van der Waals surface area (Å²) in [5.41, 5.74) is 0.159. The number of nitrogens with zero attached hydrogens (tertiary/aromatic N) is 1. The van der Waals surface area contributed by atoms with Gasteiger partial charge in [-0.2, -0.15) is 0 Å². The molecule has 186 valence electrons. The number of carbonyl (C=O) groups is 4. The molecule has 0 spiro atoms. The molecule has 1 saturated heterocycles. The summed E-state index contributed by atoms with van der Waals surface area (Å²) in [5.74, 6) is -2.29. The van der Waals surface area contributed by atoms with Crippen molar-refractivity contribution in [3.63, 3.8) is 0 Å². The van der Waals surface area contributed by atoms with E-state index in [1.807, 2.05) is 20.8 Å². The second-order valence-electron chi connectivity index (χ2n) is 9.13. The van der Waals surface area contributed by atoms with Gasteiger partial charge in [-0.05, 0) is 51.4 Å². The van der Waals surface area contributed by atoms with E-state index < -0.39 is 36.8 Å². The Labute approximate surface area is 210 Å². The van der Waals surface area contributed by atoms with Crippen LogP contribution in [0.3, 0.4) is 0 Å². The fourth-order valence-electron chi connectivity index (χ4n) is 3.75. The number of halogens is 2. The zero-order valence-electron chi connectivity index (χ0n) is 20.1. The molecule has 2 rings (SSSR count). The first-order valence-electron chi connectivity index (χ1n) is 11.3. The third-order valence-electron chi connectivity index (χ3n) is 5.86. The Bertz CT molecular complexity index is 929. The molecule has 0 unspecified atom stereocenters. The minimum atomic E-state index is -1.19. The highest BCUT2D eigenvalue weighted by molar-refractivity contribution is 6.51. The molecule has 0 saturated carbocycles. The summed E-state index contributed by atoms with van der Waals surface area (Å²) in [6, 6.07) is 3.68. The summed E-state index contributed by atoms with van der Waals surface area (Å²) in [5, 5.41) is 3.10. The van der Waals surface area contributed by atoms with Crippen LogP contribution in [0, 0.1) is 5.92 Å². The van der Waals surface area contributed by atoms with Gasteiger partial charge in [0.2, 0.25) is 0 Å². The smallest absolute Gasteiger partial charge is 0.499 e. The van der Waals surface area contributed by atoms with Crippen molar-refractivity contribution in [2.24, 2.45) is 5.92 Å². The van der Waals surface area contributed by atoms with Crippen LogP contribution < -0.4 is 5.32 Å². The SMILES string of the molecule is CC(C)C[C@H](CC(=O)CNC(=O)c1cc(Cl)ccc1Cl)B1OC(=O)C[C@H](C)N(C)[C@H](C)C(=O)O1. The van der Waals surface area contributed by atoms with E-state index in [-0.39, 0.29) is 47.7 Å². The summed E-state index contributed by atoms with van der Waals surface area (Å²) >= 11 is 12.0. The van der Waals surface area contributed by atoms with Gasteiger partial charge < -0.3 is 14.6 Å². The van der Waals surface area contributed by atoms with Crippen molar-refractivity contribution in [1.29, 1.82) is 0 Å². The molecular weight excluding hydrogens is 482 g/mol. The Hall–Kier alpha value is -2.10. The molecule has 0 bridgehead atoms. The molecule has 1 heterocycles. The zero-order valence-corrected chi connectivity index (χ0v) is 21.6. The predicted molar refractivity (Wildman–Crippen MR) is 131 cm³/mol. The second-order valence-corrected chi connectivity index (χ2v) is 9.97. The lowest BCUT2D eigenvalue weighted by atomic mass is 9.65. The van der Waals surface area contributed by atoms with E-state index in [0.717, 1.165) is 0 Å². The van der Waals surface area contributed by atoms with E-state index >= 15 is 0 Å². The third-order valence-corrected chi connectivity index (χ3v) is 6.42. The molecule has 1 fully saturated rings. The molecule has 0 aromatic heterocycles. The topological polar surface area (TPSA) is 102 Å². The van der Waals surface area contributed by atoms with Crippen LogP contribution in [0.4, 0.5) is 0 Å². The second kappa shape index (κ2) is 12.6. The van der Waals surface area contributed by atoms with E-state index in [1.165, 1.54) is 12.1 Å². The largest absolute Gasteiger partial charge is 0.602 e. The highest BCUT2D eigenvalue weighted by Gasteiger charge is 2.42. The van der Waals surface area contributed by atoms with Crippen molar-refractivity contribution in [2.75, 3.05) is 13.6 Å². The van der Waals surface area contributed by atoms with Gasteiger partial charge in [-0.3, -0.25) is 24.1 Å². The first kappa shape index (κ1) is 28.1. The molecule has 34 heavy (non-hydrogen) atoms. The van der Waals surface area contributed by atoms with E-state index in [1.54, 1.807) is 24.9 Å². The Morgan fingerprint density at radius 3 is 2.53 bits per heavy atom. The number of hydrogen-bond donors (Lipinski definition) is 1. The van der Waals surface area contributed by atoms with Gasteiger partial charge in [0, 0.05) is 23.3 Å². The van der Waals surface area contributed by atoms with Crippen LogP contribution in [0.5, 0.6) is 0 Å². The van der Waals surface area contributed by atoms with Crippen molar-refractivity contribution in [3.05, 3.63) is 33.8 Å². The summed E-state index contributed by atoms with van der Waals surface area (Å²) < 4.78 is 11.1. The van der Waals surface area contributed by atoms with Gasteiger partial charge in [-0.15, -0.1) is 0 Å². The number of likely N-dealkylation sites (N-methyl/N-ethyl adjacent to an activating group) is 1. The maximum atomic E-state index is 12.8. The van der Waals surface area contributed by atoms with Crippen molar-refractivity contribution in [2.45, 2.75) is 64.9 Å². The Morgan fingerprint density at radius 2 is 1.88 bits per heavy atom. The average Bonchev–Trinajstić information content (AvgIpc) is 2.79. The molecule has 1 aromatic rings. The maximum Gasteiger partial charge on any atom is 0.602 e. The van der Waals surface area contributed by atoms with E-state index in [2.05, 4.69) is 5.32 Å². The van der Waals surface area contributed by atoms with Crippen LogP contribution in [-0.2, 0) is 23.7 Å². The maximum absolute atomic E-state index is 12.8. The first-order chi connectivity index (χ1) is 15.9. The minimum absolute atomic E-state index is 0.0489. The number of ketones is 1. The summed E-state index contributed by atoms with van der Waals surface area (Å²) in [6.07, 6.45) is 0.518. The molecule has 11 heteroatoms. The number of carbonyl (C=O) groups excluding carboxylic acids is 4. The Balaban J connectivity index is 2.12. The molecular formula is C23H31BCl2N2O6. The molecule has 1 amide bonds. The number of nitrogens with one attached hydrogen (secondary N) is 1. The number of benzene rings is 1. The zero-order chi connectivity index (χ0) is 25.6. The van der Waals surface area contributed by atoms with Crippen molar-refractivity contribution >= 4 is 53.9 Å². The van der Waals surface area contributed by atoms with Crippen LogP contribution >= 0.6 is 23.2 Å². The Morgan fingerprint density at radius 1 is 1.21 bits per heavy atom. The lowest BCUT2D eigenvalue weighted by molar-refractivity contribution is -0.142. The molecule has 3 atom stereocenters. The summed E-state index contributed by atoms with van der Waals surface area (Å²) in [7, 11) is 0.555. The van der Waals surface area contributed by atoms with Crippen LogP contribution in [0.2, 0.25) is 15.9 Å². The minimum Gasteiger partial charge on any atom is -0.499 e. The highest BCUT2D eigenvalue weighted by atomic mass is 35.5. The van der Waals surface area contributed by atoms with E-state index in [9.17, 15) is 19.2 Å². The van der Waals surface area contributed by atoms with Gasteiger partial charge >= 0.3 is 13.1 Å². The highest BCUT2D eigenvalue weighted by Crippen LogP contribution is 2.28. The van der Waals surface area contributed by atoms with Gasteiger partial charge in [0.25, 0.3) is 11.9 Å². The number of Topliss-reactive ketones (excluding diaryl/α,β-unsaturated/α-hetero) is 1. The normalized spacial score (nSPS) is 20.6. The summed E-state index contributed by atoms with van der Waals surface area (Å²) in [6.45, 7) is 7.18. The van der Waals surface area contributed by atoms with Crippen LogP contribution in [0.15, 0.2) is 18.2 Å². The monoisotopic (exact) mass is 512 g/mol.